The zero-order chi connectivity index (χ0) is 19.0. The molecule has 0 aromatic heterocycles. The average molecular weight is 391 g/mol. The van der Waals surface area contributed by atoms with Gasteiger partial charge in [0.05, 0.1) is 6.54 Å². The third-order valence-electron chi connectivity index (χ3n) is 4.99. The van der Waals surface area contributed by atoms with Crippen LogP contribution in [0.3, 0.4) is 0 Å². The maximum absolute atomic E-state index is 12.4. The minimum atomic E-state index is -2.86. The number of halogens is 2. The molecule has 2 aliphatic heterocycles. The monoisotopic (exact) mass is 391 g/mol. The Morgan fingerprint density at radius 3 is 2.63 bits per heavy atom. The SMILES string of the molecule is Cc1ccccc1N1C[C@@](O)(c2ccc(OC(F)F)cc2)[N+]2=C1SCCC2. The van der Waals surface area contributed by atoms with Crippen LogP contribution in [0.15, 0.2) is 48.5 Å². The summed E-state index contributed by atoms with van der Waals surface area (Å²) in [6, 6.07) is 14.4. The number of rotatable bonds is 4. The molecule has 2 heterocycles. The highest BCUT2D eigenvalue weighted by atomic mass is 32.2. The molecule has 0 unspecified atom stereocenters. The first-order chi connectivity index (χ1) is 13.0. The van der Waals surface area contributed by atoms with Crippen molar-refractivity contribution in [3.8, 4) is 5.75 Å². The van der Waals surface area contributed by atoms with E-state index in [0.717, 1.165) is 35.1 Å². The van der Waals surface area contributed by atoms with Gasteiger partial charge in [-0.2, -0.15) is 8.78 Å². The number of benzene rings is 2. The fraction of sp³-hybridized carbons (Fsp3) is 0.350. The standard InChI is InChI=1S/C20H21F2N2O2S/c1-14-5-2-3-6-17(14)23-13-20(25,24-11-4-12-27-19(23)24)15-7-9-16(10-8-15)26-18(21)22/h2-3,5-10,18,25H,4,11-13H2,1H3/q+1/t20-/m1/s1. The predicted octanol–water partition coefficient (Wildman–Crippen LogP) is 3.77. The molecule has 0 radical (unpaired) electrons. The average Bonchev–Trinajstić information content (AvgIpc) is 2.97. The number of aryl methyl sites for hydroxylation is 1. The first-order valence-corrected chi connectivity index (χ1v) is 9.86. The highest BCUT2D eigenvalue weighted by molar-refractivity contribution is 8.13. The van der Waals surface area contributed by atoms with Crippen LogP contribution in [-0.4, -0.2) is 40.3 Å². The smallest absolute Gasteiger partial charge is 0.387 e. The van der Waals surface area contributed by atoms with Gasteiger partial charge in [0.25, 0.3) is 5.72 Å². The van der Waals surface area contributed by atoms with E-state index in [2.05, 4.69) is 28.7 Å². The van der Waals surface area contributed by atoms with E-state index < -0.39 is 12.3 Å². The number of β-amino-alcohol motifs (C(OH)–C–C–N with tert-alkyl or cyclic N) is 1. The van der Waals surface area contributed by atoms with Crippen molar-refractivity contribution in [2.24, 2.45) is 0 Å². The summed E-state index contributed by atoms with van der Waals surface area (Å²) in [6.07, 6.45) is 0.977. The number of nitrogens with zero attached hydrogens (tertiary/aromatic N) is 2. The van der Waals surface area contributed by atoms with Gasteiger partial charge in [0.15, 0.2) is 6.54 Å². The number of aliphatic hydroxyl groups is 1. The van der Waals surface area contributed by atoms with E-state index in [1.165, 1.54) is 12.1 Å². The molecule has 142 valence electrons. The van der Waals surface area contributed by atoms with E-state index in [1.807, 2.05) is 16.7 Å². The first-order valence-electron chi connectivity index (χ1n) is 8.87. The molecule has 0 saturated carbocycles. The third kappa shape index (κ3) is 3.30. The van der Waals surface area contributed by atoms with Gasteiger partial charge in [-0.25, -0.2) is 9.48 Å². The summed E-state index contributed by atoms with van der Waals surface area (Å²) in [5.41, 5.74) is 1.66. The van der Waals surface area contributed by atoms with Crippen LogP contribution in [0.5, 0.6) is 5.75 Å². The summed E-state index contributed by atoms with van der Waals surface area (Å²) in [5.74, 6) is 1.09. The molecule has 7 heteroatoms. The van der Waals surface area contributed by atoms with Crippen molar-refractivity contribution in [2.75, 3.05) is 23.7 Å². The molecule has 0 spiro atoms. The zero-order valence-electron chi connectivity index (χ0n) is 14.9. The molecular weight excluding hydrogens is 370 g/mol. The van der Waals surface area contributed by atoms with Crippen molar-refractivity contribution in [3.05, 3.63) is 59.7 Å². The number of alkyl halides is 2. The molecule has 4 nitrogen and oxygen atoms in total. The van der Waals surface area contributed by atoms with Crippen molar-refractivity contribution in [1.29, 1.82) is 0 Å². The van der Waals surface area contributed by atoms with E-state index in [4.69, 9.17) is 0 Å². The largest absolute Gasteiger partial charge is 0.435 e. The van der Waals surface area contributed by atoms with Crippen LogP contribution in [0.4, 0.5) is 14.5 Å². The van der Waals surface area contributed by atoms with Gasteiger partial charge in [0, 0.05) is 11.3 Å². The van der Waals surface area contributed by atoms with Gasteiger partial charge in [-0.3, -0.25) is 0 Å². The summed E-state index contributed by atoms with van der Waals surface area (Å²) in [4.78, 5) is 2.16. The Morgan fingerprint density at radius 2 is 1.93 bits per heavy atom. The normalized spacial score (nSPS) is 22.3. The number of hydrogen-bond donors (Lipinski definition) is 1. The van der Waals surface area contributed by atoms with E-state index >= 15 is 0 Å². The Balaban J connectivity index is 1.72. The minimum Gasteiger partial charge on any atom is -0.435 e. The van der Waals surface area contributed by atoms with E-state index in [1.54, 1.807) is 23.9 Å². The van der Waals surface area contributed by atoms with Crippen molar-refractivity contribution in [1.82, 2.24) is 0 Å². The van der Waals surface area contributed by atoms with Gasteiger partial charge in [0.2, 0.25) is 0 Å². The van der Waals surface area contributed by atoms with Crippen LogP contribution in [0.25, 0.3) is 0 Å². The van der Waals surface area contributed by atoms with Crippen molar-refractivity contribution in [2.45, 2.75) is 25.7 Å². The molecule has 2 aliphatic rings. The van der Waals surface area contributed by atoms with E-state index in [0.29, 0.717) is 12.1 Å². The highest BCUT2D eigenvalue weighted by Gasteiger charge is 2.53. The number of hydrogen-bond acceptors (Lipinski definition) is 4. The number of thioether (sulfide) groups is 1. The molecule has 2 aromatic carbocycles. The predicted molar refractivity (Wildman–Crippen MR) is 103 cm³/mol. The van der Waals surface area contributed by atoms with Crippen LogP contribution in [0, 0.1) is 6.92 Å². The molecule has 1 atom stereocenters. The maximum atomic E-state index is 12.4. The van der Waals surface area contributed by atoms with Crippen LogP contribution in [-0.2, 0) is 5.72 Å². The Morgan fingerprint density at radius 1 is 1.19 bits per heavy atom. The van der Waals surface area contributed by atoms with Gasteiger partial charge in [-0.15, -0.1) is 0 Å². The van der Waals surface area contributed by atoms with Crippen LogP contribution in [0.1, 0.15) is 17.5 Å². The van der Waals surface area contributed by atoms with Gasteiger partial charge < -0.3 is 9.84 Å². The highest BCUT2D eigenvalue weighted by Crippen LogP contribution is 2.38. The molecule has 0 saturated heterocycles. The molecule has 1 N–H and O–H groups in total. The summed E-state index contributed by atoms with van der Waals surface area (Å²) in [6.45, 7) is 0.327. The lowest BCUT2D eigenvalue weighted by Crippen LogP contribution is -2.41. The van der Waals surface area contributed by atoms with Crippen molar-refractivity contribution < 1.29 is 23.2 Å². The molecule has 0 fully saturated rings. The Bertz CT molecular complexity index is 873. The van der Waals surface area contributed by atoms with Crippen molar-refractivity contribution >= 4 is 22.6 Å². The summed E-state index contributed by atoms with van der Waals surface area (Å²) >= 11 is 1.74. The lowest BCUT2D eigenvalue weighted by atomic mass is 10.0. The van der Waals surface area contributed by atoms with Crippen LogP contribution >= 0.6 is 11.8 Å². The van der Waals surface area contributed by atoms with Gasteiger partial charge >= 0.3 is 11.8 Å². The molecular formula is C20H21F2N2O2S+. The Kier molecular flexibility index (Phi) is 4.82. The molecule has 4 rings (SSSR count). The second kappa shape index (κ2) is 7.13. The van der Waals surface area contributed by atoms with Crippen LogP contribution < -0.4 is 9.64 Å². The zero-order valence-corrected chi connectivity index (χ0v) is 15.8. The van der Waals surface area contributed by atoms with E-state index in [-0.39, 0.29) is 5.75 Å². The van der Waals surface area contributed by atoms with Gasteiger partial charge in [0.1, 0.15) is 11.4 Å². The van der Waals surface area contributed by atoms with Gasteiger partial charge in [-0.05, 0) is 61.0 Å². The fourth-order valence-electron chi connectivity index (χ4n) is 3.70. The third-order valence-corrected chi connectivity index (χ3v) is 6.18. The summed E-state index contributed by atoms with van der Waals surface area (Å²) < 4.78 is 31.3. The molecule has 0 bridgehead atoms. The Labute approximate surface area is 161 Å². The fourth-order valence-corrected chi connectivity index (χ4v) is 4.88. The number of para-hydroxylation sites is 1. The Hall–Kier alpha value is -2.12. The van der Waals surface area contributed by atoms with Crippen LogP contribution in [0.2, 0.25) is 0 Å². The first kappa shape index (κ1) is 18.3. The lowest BCUT2D eigenvalue weighted by Gasteiger charge is -2.24. The molecule has 0 amide bonds. The topological polar surface area (TPSA) is 35.7 Å². The quantitative estimate of drug-likeness (QED) is 0.805. The number of amidine groups is 1. The van der Waals surface area contributed by atoms with Gasteiger partial charge in [-0.1, -0.05) is 18.2 Å². The maximum Gasteiger partial charge on any atom is 0.387 e. The number of ether oxygens (including phenoxy) is 1. The summed E-state index contributed by atoms with van der Waals surface area (Å²) in [5, 5.41) is 12.6. The molecule has 0 aliphatic carbocycles. The lowest BCUT2D eigenvalue weighted by molar-refractivity contribution is -0.656. The second-order valence-electron chi connectivity index (χ2n) is 6.73. The van der Waals surface area contributed by atoms with E-state index in [9.17, 15) is 13.9 Å². The minimum absolute atomic E-state index is 0.0864. The molecule has 27 heavy (non-hydrogen) atoms. The molecule has 2 aromatic rings. The number of anilines is 1. The van der Waals surface area contributed by atoms with Crippen molar-refractivity contribution in [3.63, 3.8) is 0 Å². The summed E-state index contributed by atoms with van der Waals surface area (Å²) in [7, 11) is 0. The second-order valence-corrected chi connectivity index (χ2v) is 7.79.